The lowest BCUT2D eigenvalue weighted by Crippen LogP contribution is -1.92. The average Bonchev–Trinajstić information content (AvgIpc) is 2.64. The van der Waals surface area contributed by atoms with Crippen LogP contribution >= 0.6 is 0 Å². The Kier molecular flexibility index (Phi) is 2.95. The minimum Gasteiger partial charge on any atom is -0.298 e. The van der Waals surface area contributed by atoms with Gasteiger partial charge in [0.1, 0.15) is 6.29 Å². The SMILES string of the molecule is C=C(C=O)c1ccc2c(c1)C(C)CC2CC. The summed E-state index contributed by atoms with van der Waals surface area (Å²) in [5.41, 5.74) is 4.43. The Hall–Kier alpha value is -1.37. The number of hydrogen-bond acceptors (Lipinski definition) is 1. The Morgan fingerprint density at radius 3 is 2.88 bits per heavy atom. The predicted molar refractivity (Wildman–Crippen MR) is 67.6 cm³/mol. The van der Waals surface area contributed by atoms with Crippen LogP contribution in [0.4, 0.5) is 0 Å². The van der Waals surface area contributed by atoms with Gasteiger partial charge in [0.05, 0.1) is 0 Å². The molecule has 84 valence electrons. The number of rotatable bonds is 3. The lowest BCUT2D eigenvalue weighted by molar-refractivity contribution is -0.103. The van der Waals surface area contributed by atoms with Crippen molar-refractivity contribution in [2.45, 2.75) is 38.5 Å². The van der Waals surface area contributed by atoms with E-state index in [1.807, 2.05) is 6.07 Å². The molecule has 0 spiro atoms. The lowest BCUT2D eigenvalue weighted by Gasteiger charge is -2.09. The van der Waals surface area contributed by atoms with Crippen LogP contribution in [0.3, 0.4) is 0 Å². The van der Waals surface area contributed by atoms with Gasteiger partial charge in [-0.15, -0.1) is 0 Å². The largest absolute Gasteiger partial charge is 0.298 e. The molecule has 0 saturated heterocycles. The van der Waals surface area contributed by atoms with Gasteiger partial charge in [0.15, 0.2) is 0 Å². The van der Waals surface area contributed by atoms with E-state index in [9.17, 15) is 4.79 Å². The molecule has 1 nitrogen and oxygen atoms in total. The molecule has 1 aliphatic rings. The van der Waals surface area contributed by atoms with Gasteiger partial charge in [0.25, 0.3) is 0 Å². The normalized spacial score (nSPS) is 22.9. The molecule has 0 aromatic heterocycles. The van der Waals surface area contributed by atoms with Crippen molar-refractivity contribution < 1.29 is 4.79 Å². The third-order valence-electron chi connectivity index (χ3n) is 3.70. The molecule has 1 heteroatoms. The van der Waals surface area contributed by atoms with Gasteiger partial charge in [-0.1, -0.05) is 38.6 Å². The van der Waals surface area contributed by atoms with Gasteiger partial charge < -0.3 is 0 Å². The van der Waals surface area contributed by atoms with Gasteiger partial charge in [-0.2, -0.15) is 0 Å². The second-order valence-electron chi connectivity index (χ2n) is 4.73. The first kappa shape index (κ1) is 11.1. The minimum absolute atomic E-state index is 0.579. The van der Waals surface area contributed by atoms with E-state index in [1.54, 1.807) is 0 Å². The summed E-state index contributed by atoms with van der Waals surface area (Å²) in [7, 11) is 0. The third-order valence-corrected chi connectivity index (χ3v) is 3.70. The predicted octanol–water partition coefficient (Wildman–Crippen LogP) is 3.90. The summed E-state index contributed by atoms with van der Waals surface area (Å²) in [5.74, 6) is 1.31. The highest BCUT2D eigenvalue weighted by molar-refractivity contribution is 6.05. The standard InChI is InChI=1S/C15H18O/c1-4-12-7-10(2)15-8-13(11(3)9-16)5-6-14(12)15/h5-6,8-10,12H,3-4,7H2,1-2H3. The molecular formula is C15H18O. The maximum atomic E-state index is 10.7. The summed E-state index contributed by atoms with van der Waals surface area (Å²) in [6.45, 7) is 8.27. The van der Waals surface area contributed by atoms with Crippen molar-refractivity contribution in [2.24, 2.45) is 0 Å². The van der Waals surface area contributed by atoms with E-state index < -0.39 is 0 Å². The fraction of sp³-hybridized carbons (Fsp3) is 0.400. The zero-order chi connectivity index (χ0) is 11.7. The molecule has 0 aliphatic heterocycles. The second-order valence-corrected chi connectivity index (χ2v) is 4.73. The summed E-state index contributed by atoms with van der Waals surface area (Å²) in [5, 5.41) is 0. The number of benzene rings is 1. The summed E-state index contributed by atoms with van der Waals surface area (Å²) in [6.07, 6.45) is 3.27. The molecule has 0 N–H and O–H groups in total. The molecule has 0 amide bonds. The molecule has 0 fully saturated rings. The van der Waals surface area contributed by atoms with E-state index in [4.69, 9.17) is 0 Å². The summed E-state index contributed by atoms with van der Waals surface area (Å²) < 4.78 is 0. The number of hydrogen-bond donors (Lipinski definition) is 0. The van der Waals surface area contributed by atoms with Crippen molar-refractivity contribution in [1.29, 1.82) is 0 Å². The van der Waals surface area contributed by atoms with Crippen LogP contribution < -0.4 is 0 Å². The van der Waals surface area contributed by atoms with Gasteiger partial charge in [0, 0.05) is 5.57 Å². The minimum atomic E-state index is 0.579. The number of allylic oxidation sites excluding steroid dienone is 1. The Morgan fingerprint density at radius 2 is 2.25 bits per heavy atom. The zero-order valence-electron chi connectivity index (χ0n) is 9.99. The maximum Gasteiger partial charge on any atom is 0.150 e. The van der Waals surface area contributed by atoms with Crippen LogP contribution in [-0.4, -0.2) is 6.29 Å². The monoisotopic (exact) mass is 214 g/mol. The van der Waals surface area contributed by atoms with Crippen LogP contribution in [0.25, 0.3) is 5.57 Å². The summed E-state index contributed by atoms with van der Waals surface area (Å²) in [4.78, 5) is 10.7. The van der Waals surface area contributed by atoms with Crippen molar-refractivity contribution in [2.75, 3.05) is 0 Å². The molecular weight excluding hydrogens is 196 g/mol. The molecule has 0 heterocycles. The highest BCUT2D eigenvalue weighted by Crippen LogP contribution is 2.43. The van der Waals surface area contributed by atoms with E-state index >= 15 is 0 Å². The number of carbonyl (C=O) groups excluding carboxylic acids is 1. The summed E-state index contributed by atoms with van der Waals surface area (Å²) >= 11 is 0. The van der Waals surface area contributed by atoms with Crippen molar-refractivity contribution in [1.82, 2.24) is 0 Å². The van der Waals surface area contributed by atoms with Crippen LogP contribution in [0.1, 0.15) is 55.2 Å². The van der Waals surface area contributed by atoms with Crippen LogP contribution in [0, 0.1) is 0 Å². The third kappa shape index (κ3) is 1.71. The van der Waals surface area contributed by atoms with Gasteiger partial charge in [-0.3, -0.25) is 4.79 Å². The number of aldehydes is 1. The zero-order valence-corrected chi connectivity index (χ0v) is 9.99. The first-order valence-corrected chi connectivity index (χ1v) is 5.95. The fourth-order valence-electron chi connectivity index (χ4n) is 2.71. The Balaban J connectivity index is 2.43. The Morgan fingerprint density at radius 1 is 1.50 bits per heavy atom. The number of fused-ring (bicyclic) bond motifs is 1. The van der Waals surface area contributed by atoms with E-state index in [1.165, 1.54) is 24.0 Å². The first-order chi connectivity index (χ1) is 7.67. The van der Waals surface area contributed by atoms with Crippen LogP contribution in [0.2, 0.25) is 0 Å². The molecule has 0 saturated carbocycles. The molecule has 0 bridgehead atoms. The van der Waals surface area contributed by atoms with E-state index in [-0.39, 0.29) is 0 Å². The number of carbonyl (C=O) groups is 1. The van der Waals surface area contributed by atoms with Crippen LogP contribution in [0.15, 0.2) is 24.8 Å². The van der Waals surface area contributed by atoms with Gasteiger partial charge in [-0.25, -0.2) is 0 Å². The van der Waals surface area contributed by atoms with Crippen LogP contribution in [-0.2, 0) is 4.79 Å². The molecule has 2 unspecified atom stereocenters. The maximum absolute atomic E-state index is 10.7. The molecule has 2 atom stereocenters. The highest BCUT2D eigenvalue weighted by Gasteiger charge is 2.26. The van der Waals surface area contributed by atoms with Crippen molar-refractivity contribution in [3.8, 4) is 0 Å². The molecule has 1 aromatic carbocycles. The average molecular weight is 214 g/mol. The van der Waals surface area contributed by atoms with Crippen LogP contribution in [0.5, 0.6) is 0 Å². The lowest BCUT2D eigenvalue weighted by atomic mass is 9.96. The molecule has 1 aliphatic carbocycles. The van der Waals surface area contributed by atoms with Gasteiger partial charge >= 0.3 is 0 Å². The first-order valence-electron chi connectivity index (χ1n) is 5.95. The fourth-order valence-corrected chi connectivity index (χ4v) is 2.71. The second kappa shape index (κ2) is 4.25. The highest BCUT2D eigenvalue weighted by atomic mass is 16.1. The Bertz CT molecular complexity index is 431. The van der Waals surface area contributed by atoms with Gasteiger partial charge in [-0.05, 0) is 41.4 Å². The van der Waals surface area contributed by atoms with E-state index in [2.05, 4.69) is 32.6 Å². The Labute approximate surface area is 97.2 Å². The topological polar surface area (TPSA) is 17.1 Å². The quantitative estimate of drug-likeness (QED) is 0.551. The molecule has 16 heavy (non-hydrogen) atoms. The molecule has 0 radical (unpaired) electrons. The van der Waals surface area contributed by atoms with E-state index in [0.717, 1.165) is 11.8 Å². The molecule has 2 rings (SSSR count). The van der Waals surface area contributed by atoms with Gasteiger partial charge in [0.2, 0.25) is 0 Å². The summed E-state index contributed by atoms with van der Waals surface area (Å²) in [6, 6.07) is 6.35. The van der Waals surface area contributed by atoms with Crippen molar-refractivity contribution in [3.05, 3.63) is 41.5 Å². The smallest absolute Gasteiger partial charge is 0.150 e. The molecule has 1 aromatic rings. The van der Waals surface area contributed by atoms with E-state index in [0.29, 0.717) is 17.4 Å². The van der Waals surface area contributed by atoms with Crippen molar-refractivity contribution >= 4 is 11.9 Å². The van der Waals surface area contributed by atoms with Crippen molar-refractivity contribution in [3.63, 3.8) is 0 Å².